The number of amides is 1. The van der Waals surface area contributed by atoms with Crippen molar-refractivity contribution < 1.29 is 17.6 Å². The Morgan fingerprint density at radius 3 is 2.58 bits per heavy atom. The van der Waals surface area contributed by atoms with E-state index in [1.54, 1.807) is 12.1 Å². The molecule has 0 fully saturated rings. The van der Waals surface area contributed by atoms with Crippen LogP contribution in [0, 0.1) is 5.82 Å². The number of sulfonamides is 1. The summed E-state index contributed by atoms with van der Waals surface area (Å²) >= 11 is 0. The molecule has 1 heterocycles. The first-order valence-corrected chi connectivity index (χ1v) is 9.12. The van der Waals surface area contributed by atoms with E-state index in [2.05, 4.69) is 10.3 Å². The standard InChI is InChI=1S/C18H16FN3O3S/c1-22(2)26(24,25)13-6-3-5-12(11-13)18(23)21-16-9-10-20-17-14(16)7-4-8-15(17)19/h3-11H,1-2H3,(H,20,21,23). The highest BCUT2D eigenvalue weighted by Crippen LogP contribution is 2.24. The van der Waals surface area contributed by atoms with Crippen LogP contribution in [0.15, 0.2) is 59.6 Å². The Morgan fingerprint density at radius 1 is 1.12 bits per heavy atom. The lowest BCUT2D eigenvalue weighted by Gasteiger charge is -2.13. The summed E-state index contributed by atoms with van der Waals surface area (Å²) in [5, 5.41) is 3.14. The summed E-state index contributed by atoms with van der Waals surface area (Å²) in [6, 6.07) is 11.7. The third-order valence-corrected chi connectivity index (χ3v) is 5.66. The topological polar surface area (TPSA) is 79.4 Å². The Balaban J connectivity index is 1.96. The predicted octanol–water partition coefficient (Wildman–Crippen LogP) is 2.88. The van der Waals surface area contributed by atoms with Crippen molar-refractivity contribution in [2.24, 2.45) is 0 Å². The third-order valence-electron chi connectivity index (χ3n) is 3.84. The largest absolute Gasteiger partial charge is 0.321 e. The van der Waals surface area contributed by atoms with Crippen molar-refractivity contribution >= 4 is 32.5 Å². The van der Waals surface area contributed by atoms with Crippen LogP contribution in [-0.2, 0) is 10.0 Å². The molecule has 1 aromatic heterocycles. The molecule has 3 aromatic rings. The molecule has 0 aliphatic heterocycles. The van der Waals surface area contributed by atoms with Crippen molar-refractivity contribution in [3.05, 3.63) is 66.1 Å². The van der Waals surface area contributed by atoms with E-state index in [1.165, 1.54) is 56.7 Å². The number of anilines is 1. The smallest absolute Gasteiger partial charge is 0.255 e. The SMILES string of the molecule is CN(C)S(=O)(=O)c1cccc(C(=O)Nc2ccnc3c(F)cccc23)c1. The summed E-state index contributed by atoms with van der Waals surface area (Å²) in [6.07, 6.45) is 1.40. The van der Waals surface area contributed by atoms with Crippen molar-refractivity contribution in [1.82, 2.24) is 9.29 Å². The Hall–Kier alpha value is -2.84. The summed E-state index contributed by atoms with van der Waals surface area (Å²) < 4.78 is 39.4. The highest BCUT2D eigenvalue weighted by molar-refractivity contribution is 7.89. The van der Waals surface area contributed by atoms with Gasteiger partial charge in [0.1, 0.15) is 11.3 Å². The van der Waals surface area contributed by atoms with Gasteiger partial charge in [-0.05, 0) is 30.3 Å². The first kappa shape index (κ1) is 18.0. The van der Waals surface area contributed by atoms with Gasteiger partial charge in [0.25, 0.3) is 5.91 Å². The predicted molar refractivity (Wildman–Crippen MR) is 97.0 cm³/mol. The van der Waals surface area contributed by atoms with Gasteiger partial charge in [-0.3, -0.25) is 9.78 Å². The van der Waals surface area contributed by atoms with Crippen molar-refractivity contribution in [1.29, 1.82) is 0 Å². The maximum absolute atomic E-state index is 13.8. The highest BCUT2D eigenvalue weighted by Gasteiger charge is 2.19. The van der Waals surface area contributed by atoms with Crippen LogP contribution in [0.5, 0.6) is 0 Å². The summed E-state index contributed by atoms with van der Waals surface area (Å²) in [5.74, 6) is -0.991. The Morgan fingerprint density at radius 2 is 1.85 bits per heavy atom. The molecule has 0 saturated heterocycles. The first-order valence-electron chi connectivity index (χ1n) is 7.68. The van der Waals surface area contributed by atoms with E-state index in [9.17, 15) is 17.6 Å². The number of carbonyl (C=O) groups excluding carboxylic acids is 1. The Labute approximate surface area is 150 Å². The summed E-state index contributed by atoms with van der Waals surface area (Å²) in [7, 11) is -0.820. The quantitative estimate of drug-likeness (QED) is 0.763. The van der Waals surface area contributed by atoms with Crippen molar-refractivity contribution in [2.45, 2.75) is 4.90 Å². The van der Waals surface area contributed by atoms with E-state index in [1.807, 2.05) is 0 Å². The van der Waals surface area contributed by atoms with E-state index >= 15 is 0 Å². The number of nitrogens with zero attached hydrogens (tertiary/aromatic N) is 2. The van der Waals surface area contributed by atoms with Crippen LogP contribution in [0.1, 0.15) is 10.4 Å². The molecule has 2 aromatic carbocycles. The monoisotopic (exact) mass is 373 g/mol. The molecule has 1 amide bonds. The average molecular weight is 373 g/mol. The summed E-state index contributed by atoms with van der Waals surface area (Å²) in [4.78, 5) is 16.5. The molecule has 0 spiro atoms. The zero-order valence-electron chi connectivity index (χ0n) is 14.1. The van der Waals surface area contributed by atoms with E-state index in [-0.39, 0.29) is 16.0 Å². The molecular formula is C18H16FN3O3S. The first-order chi connectivity index (χ1) is 12.3. The number of para-hydroxylation sites is 1. The van der Waals surface area contributed by atoms with Gasteiger partial charge in [-0.25, -0.2) is 17.1 Å². The number of benzene rings is 2. The van der Waals surface area contributed by atoms with Gasteiger partial charge >= 0.3 is 0 Å². The average Bonchev–Trinajstić information content (AvgIpc) is 2.62. The van der Waals surface area contributed by atoms with Crippen LogP contribution in [0.2, 0.25) is 0 Å². The van der Waals surface area contributed by atoms with Crippen molar-refractivity contribution in [2.75, 3.05) is 19.4 Å². The second-order valence-electron chi connectivity index (χ2n) is 5.76. The number of fused-ring (bicyclic) bond motifs is 1. The highest BCUT2D eigenvalue weighted by atomic mass is 32.2. The molecule has 0 saturated carbocycles. The molecule has 1 N–H and O–H groups in total. The molecule has 26 heavy (non-hydrogen) atoms. The molecule has 0 aliphatic rings. The summed E-state index contributed by atoms with van der Waals surface area (Å²) in [6.45, 7) is 0. The third kappa shape index (κ3) is 3.29. The number of hydrogen-bond acceptors (Lipinski definition) is 4. The van der Waals surface area contributed by atoms with Gasteiger partial charge in [-0.2, -0.15) is 0 Å². The van der Waals surface area contributed by atoms with Gasteiger partial charge in [-0.1, -0.05) is 18.2 Å². The molecule has 6 nitrogen and oxygen atoms in total. The van der Waals surface area contributed by atoms with Crippen molar-refractivity contribution in [3.8, 4) is 0 Å². The fraction of sp³-hybridized carbons (Fsp3) is 0.111. The lowest BCUT2D eigenvalue weighted by molar-refractivity contribution is 0.102. The maximum atomic E-state index is 13.8. The molecule has 8 heteroatoms. The van der Waals surface area contributed by atoms with Gasteiger partial charge in [0.05, 0.1) is 10.6 Å². The molecule has 0 radical (unpaired) electrons. The van der Waals surface area contributed by atoms with E-state index in [0.29, 0.717) is 11.1 Å². The number of rotatable bonds is 4. The van der Waals surface area contributed by atoms with E-state index < -0.39 is 21.7 Å². The normalized spacial score (nSPS) is 11.7. The van der Waals surface area contributed by atoms with Crippen LogP contribution < -0.4 is 5.32 Å². The molecule has 3 rings (SSSR count). The minimum atomic E-state index is -3.65. The molecule has 0 unspecified atom stereocenters. The number of carbonyl (C=O) groups is 1. The van der Waals surface area contributed by atoms with Gasteiger partial charge < -0.3 is 5.32 Å². The lowest BCUT2D eigenvalue weighted by Crippen LogP contribution is -2.22. The second-order valence-corrected chi connectivity index (χ2v) is 7.92. The van der Waals surface area contributed by atoms with Crippen LogP contribution in [0.3, 0.4) is 0 Å². The number of pyridine rings is 1. The minimum absolute atomic E-state index is 0.0146. The van der Waals surface area contributed by atoms with Crippen LogP contribution in [0.4, 0.5) is 10.1 Å². The van der Waals surface area contributed by atoms with E-state index in [4.69, 9.17) is 0 Å². The van der Waals surface area contributed by atoms with Crippen LogP contribution in [-0.4, -0.2) is 37.7 Å². The van der Waals surface area contributed by atoms with Gasteiger partial charge in [-0.15, -0.1) is 0 Å². The van der Waals surface area contributed by atoms with Crippen LogP contribution in [0.25, 0.3) is 10.9 Å². The zero-order valence-corrected chi connectivity index (χ0v) is 14.9. The molecule has 134 valence electrons. The van der Waals surface area contributed by atoms with Gasteiger partial charge in [0, 0.05) is 31.2 Å². The maximum Gasteiger partial charge on any atom is 0.255 e. The van der Waals surface area contributed by atoms with E-state index in [0.717, 1.165) is 4.31 Å². The number of hydrogen-bond donors (Lipinski definition) is 1. The molecule has 0 aliphatic carbocycles. The Kier molecular flexibility index (Phi) is 4.71. The minimum Gasteiger partial charge on any atom is -0.321 e. The van der Waals surface area contributed by atoms with Crippen molar-refractivity contribution in [3.63, 3.8) is 0 Å². The number of nitrogens with one attached hydrogen (secondary N) is 1. The van der Waals surface area contributed by atoms with Crippen LogP contribution >= 0.6 is 0 Å². The molecule has 0 atom stereocenters. The fourth-order valence-corrected chi connectivity index (χ4v) is 3.40. The molecule has 0 bridgehead atoms. The zero-order chi connectivity index (χ0) is 18.9. The number of halogens is 1. The summed E-state index contributed by atoms with van der Waals surface area (Å²) in [5.41, 5.74) is 0.712. The lowest BCUT2D eigenvalue weighted by atomic mass is 10.1. The molecular weight excluding hydrogens is 357 g/mol. The second kappa shape index (κ2) is 6.81. The van der Waals surface area contributed by atoms with Gasteiger partial charge in [0.15, 0.2) is 0 Å². The number of aromatic nitrogens is 1. The Bertz CT molecular complexity index is 1100. The fourth-order valence-electron chi connectivity index (χ4n) is 2.45. The van der Waals surface area contributed by atoms with Gasteiger partial charge in [0.2, 0.25) is 10.0 Å².